The van der Waals surface area contributed by atoms with E-state index in [4.69, 9.17) is 14.2 Å². The third-order valence-electron chi connectivity index (χ3n) is 5.03. The minimum atomic E-state index is -0.676. The Bertz CT molecular complexity index is 829. The molecule has 0 spiro atoms. The molecule has 2 aliphatic heterocycles. The number of hydrogen-bond donors (Lipinski definition) is 0. The lowest BCUT2D eigenvalue weighted by atomic mass is 10.1. The molecule has 0 unspecified atom stereocenters. The van der Waals surface area contributed by atoms with Crippen LogP contribution in [-0.4, -0.2) is 88.4 Å². The normalized spacial score (nSPS) is 17.9. The Balaban J connectivity index is 1.93. The molecular formula is C20H25N3O6. The number of carbonyl (C=O) groups is 3. The summed E-state index contributed by atoms with van der Waals surface area (Å²) in [7, 11) is 4.50. The summed E-state index contributed by atoms with van der Waals surface area (Å²) in [5, 5.41) is 0. The zero-order valence-corrected chi connectivity index (χ0v) is 16.8. The average Bonchev–Trinajstić information content (AvgIpc) is 2.77. The van der Waals surface area contributed by atoms with Crippen molar-refractivity contribution in [1.29, 1.82) is 0 Å². The lowest BCUT2D eigenvalue weighted by Gasteiger charge is -2.33. The van der Waals surface area contributed by atoms with E-state index in [-0.39, 0.29) is 30.5 Å². The van der Waals surface area contributed by atoms with Crippen molar-refractivity contribution in [1.82, 2.24) is 9.80 Å². The maximum absolute atomic E-state index is 12.9. The van der Waals surface area contributed by atoms with E-state index < -0.39 is 11.9 Å². The molecule has 0 radical (unpaired) electrons. The van der Waals surface area contributed by atoms with Gasteiger partial charge in [-0.05, 0) is 25.2 Å². The van der Waals surface area contributed by atoms with Gasteiger partial charge in [0.15, 0.2) is 0 Å². The Morgan fingerprint density at radius 3 is 2.34 bits per heavy atom. The van der Waals surface area contributed by atoms with Gasteiger partial charge in [-0.3, -0.25) is 4.79 Å². The van der Waals surface area contributed by atoms with Crippen molar-refractivity contribution < 1.29 is 28.6 Å². The zero-order chi connectivity index (χ0) is 21.0. The molecule has 0 saturated carbocycles. The Labute approximate surface area is 169 Å². The van der Waals surface area contributed by atoms with E-state index in [1.165, 1.54) is 19.1 Å². The molecule has 2 aliphatic rings. The second-order valence-corrected chi connectivity index (χ2v) is 6.86. The molecule has 1 saturated heterocycles. The van der Waals surface area contributed by atoms with E-state index in [1.807, 2.05) is 11.9 Å². The quantitative estimate of drug-likeness (QED) is 0.671. The van der Waals surface area contributed by atoms with Gasteiger partial charge in [0.25, 0.3) is 5.91 Å². The molecule has 9 nitrogen and oxygen atoms in total. The molecule has 0 bridgehead atoms. The van der Waals surface area contributed by atoms with Gasteiger partial charge in [0.2, 0.25) is 0 Å². The first-order chi connectivity index (χ1) is 14.0. The highest BCUT2D eigenvalue weighted by molar-refractivity contribution is 6.03. The number of methoxy groups -OCH3 is 2. The van der Waals surface area contributed by atoms with Crippen molar-refractivity contribution >= 4 is 23.5 Å². The van der Waals surface area contributed by atoms with Gasteiger partial charge in [0.05, 0.1) is 26.4 Å². The van der Waals surface area contributed by atoms with Gasteiger partial charge >= 0.3 is 11.9 Å². The molecule has 2 heterocycles. The summed E-state index contributed by atoms with van der Waals surface area (Å²) in [5.41, 5.74) is 1.17. The number of nitrogens with zero attached hydrogens (tertiary/aromatic N) is 3. The number of esters is 2. The Morgan fingerprint density at radius 1 is 1.00 bits per heavy atom. The van der Waals surface area contributed by atoms with Crippen LogP contribution in [0.3, 0.4) is 0 Å². The van der Waals surface area contributed by atoms with E-state index in [0.29, 0.717) is 24.3 Å². The van der Waals surface area contributed by atoms with Gasteiger partial charge in [0, 0.05) is 37.4 Å². The Morgan fingerprint density at radius 2 is 1.69 bits per heavy atom. The van der Waals surface area contributed by atoms with E-state index in [1.54, 1.807) is 24.3 Å². The summed E-state index contributed by atoms with van der Waals surface area (Å²) >= 11 is 0. The second-order valence-electron chi connectivity index (χ2n) is 6.86. The minimum absolute atomic E-state index is 0.0388. The number of piperazine rings is 1. The van der Waals surface area contributed by atoms with E-state index in [2.05, 4.69) is 4.90 Å². The zero-order valence-electron chi connectivity index (χ0n) is 16.8. The standard InChI is InChI=1S/C20H25N3O6/c1-21-7-9-22(10-8-21)18(24)14-5-4-6-15(11-14)23-13-29-12-16(19(25)27-2)17(23)20(26)28-3/h4-6,11H,7-10,12-13H2,1-3H3. The predicted octanol–water partition coefficient (Wildman–Crippen LogP) is 0.468. The molecule has 9 heteroatoms. The second kappa shape index (κ2) is 9.06. The predicted molar refractivity (Wildman–Crippen MR) is 104 cm³/mol. The third kappa shape index (κ3) is 4.41. The number of benzene rings is 1. The highest BCUT2D eigenvalue weighted by Gasteiger charge is 2.32. The van der Waals surface area contributed by atoms with Gasteiger partial charge in [-0.1, -0.05) is 6.07 Å². The smallest absolute Gasteiger partial charge is 0.355 e. The van der Waals surface area contributed by atoms with Gasteiger partial charge in [-0.15, -0.1) is 0 Å². The molecule has 156 valence electrons. The van der Waals surface area contributed by atoms with Crippen LogP contribution in [-0.2, 0) is 23.8 Å². The van der Waals surface area contributed by atoms with Gasteiger partial charge in [-0.2, -0.15) is 0 Å². The van der Waals surface area contributed by atoms with Crippen molar-refractivity contribution in [2.75, 3.05) is 65.7 Å². The van der Waals surface area contributed by atoms with E-state index >= 15 is 0 Å². The molecule has 1 fully saturated rings. The molecule has 1 aromatic carbocycles. The van der Waals surface area contributed by atoms with Crippen LogP contribution >= 0.6 is 0 Å². The fourth-order valence-corrected chi connectivity index (χ4v) is 3.35. The van der Waals surface area contributed by atoms with Crippen molar-refractivity contribution in [3.8, 4) is 0 Å². The highest BCUT2D eigenvalue weighted by atomic mass is 16.5. The van der Waals surface area contributed by atoms with Crippen LogP contribution in [0.5, 0.6) is 0 Å². The molecule has 29 heavy (non-hydrogen) atoms. The van der Waals surface area contributed by atoms with Crippen molar-refractivity contribution in [2.24, 2.45) is 0 Å². The number of amides is 1. The SMILES string of the molecule is COC(=O)C1=C(C(=O)OC)N(c2cccc(C(=O)N3CCN(C)CC3)c2)COC1. The van der Waals surface area contributed by atoms with Crippen molar-refractivity contribution in [3.05, 3.63) is 41.1 Å². The monoisotopic (exact) mass is 403 g/mol. The summed E-state index contributed by atoms with van der Waals surface area (Å²) < 4.78 is 15.1. The maximum Gasteiger partial charge on any atom is 0.355 e. The fourth-order valence-electron chi connectivity index (χ4n) is 3.35. The first-order valence-corrected chi connectivity index (χ1v) is 9.29. The average molecular weight is 403 g/mol. The van der Waals surface area contributed by atoms with Crippen LogP contribution in [0.4, 0.5) is 5.69 Å². The van der Waals surface area contributed by atoms with Gasteiger partial charge in [0.1, 0.15) is 12.4 Å². The summed E-state index contributed by atoms with van der Waals surface area (Å²) in [6.45, 7) is 2.94. The highest BCUT2D eigenvalue weighted by Crippen LogP contribution is 2.27. The van der Waals surface area contributed by atoms with Crippen LogP contribution in [0.15, 0.2) is 35.5 Å². The molecular weight excluding hydrogens is 378 g/mol. The molecule has 1 amide bonds. The van der Waals surface area contributed by atoms with Crippen LogP contribution in [0.1, 0.15) is 10.4 Å². The molecule has 0 atom stereocenters. The largest absolute Gasteiger partial charge is 0.466 e. The molecule has 1 aromatic rings. The Kier molecular flexibility index (Phi) is 6.50. The number of carbonyl (C=O) groups excluding carboxylic acids is 3. The maximum atomic E-state index is 12.9. The van der Waals surface area contributed by atoms with Crippen LogP contribution in [0.2, 0.25) is 0 Å². The first-order valence-electron chi connectivity index (χ1n) is 9.29. The molecule has 3 rings (SSSR count). The van der Waals surface area contributed by atoms with Gasteiger partial charge < -0.3 is 28.9 Å². The number of ether oxygens (including phenoxy) is 3. The third-order valence-corrected chi connectivity index (χ3v) is 5.03. The summed E-state index contributed by atoms with van der Waals surface area (Å²) in [6.07, 6.45) is 0. The lowest BCUT2D eigenvalue weighted by Crippen LogP contribution is -2.47. The number of anilines is 1. The van der Waals surface area contributed by atoms with Crippen LogP contribution in [0.25, 0.3) is 0 Å². The molecule has 0 aliphatic carbocycles. The number of rotatable bonds is 4. The Hall–Kier alpha value is -2.91. The molecule has 0 aromatic heterocycles. The lowest BCUT2D eigenvalue weighted by molar-refractivity contribution is -0.140. The summed E-state index contributed by atoms with van der Waals surface area (Å²) in [5.74, 6) is -1.42. The number of likely N-dealkylation sites (N-methyl/N-ethyl adjacent to an activating group) is 1. The van der Waals surface area contributed by atoms with Crippen molar-refractivity contribution in [2.45, 2.75) is 0 Å². The molecule has 0 N–H and O–H groups in total. The van der Waals surface area contributed by atoms with Crippen LogP contribution in [0, 0.1) is 0 Å². The van der Waals surface area contributed by atoms with Crippen molar-refractivity contribution in [3.63, 3.8) is 0 Å². The first kappa shape index (κ1) is 20.8. The topological polar surface area (TPSA) is 88.6 Å². The summed E-state index contributed by atoms with van der Waals surface area (Å²) in [4.78, 5) is 42.9. The van der Waals surface area contributed by atoms with Gasteiger partial charge in [-0.25, -0.2) is 9.59 Å². The van der Waals surface area contributed by atoms with Crippen LogP contribution < -0.4 is 4.90 Å². The van der Waals surface area contributed by atoms with E-state index in [9.17, 15) is 14.4 Å². The summed E-state index contributed by atoms with van der Waals surface area (Å²) in [6, 6.07) is 6.90. The van der Waals surface area contributed by atoms with E-state index in [0.717, 1.165) is 13.1 Å². The minimum Gasteiger partial charge on any atom is -0.466 e. The fraction of sp³-hybridized carbons (Fsp3) is 0.450. The number of hydrogen-bond acceptors (Lipinski definition) is 8.